The van der Waals surface area contributed by atoms with Crippen molar-refractivity contribution < 1.29 is 45.0 Å². The Morgan fingerprint density at radius 2 is 1.50 bits per heavy atom. The molecule has 0 aromatic carbocycles. The van der Waals surface area contributed by atoms with E-state index >= 15 is 0 Å². The minimum atomic E-state index is -6.03. The number of halogens is 7. The fraction of sp³-hybridized carbons (Fsp3) is 0.700. The maximum atomic E-state index is 13.5. The van der Waals surface area contributed by atoms with Crippen LogP contribution in [0, 0.1) is 0 Å². The van der Waals surface area contributed by atoms with Crippen molar-refractivity contribution in [1.29, 1.82) is 0 Å². The van der Waals surface area contributed by atoms with Crippen LogP contribution in [0.15, 0.2) is 11.6 Å². The Balaban J connectivity index is 5.45. The summed E-state index contributed by atoms with van der Waals surface area (Å²) in [5.41, 5.74) is -1.63. The quantitative estimate of drug-likeness (QED) is 0.451. The molecular weight excluding hydrogens is 301 g/mol. The summed E-state index contributed by atoms with van der Waals surface area (Å²) in [4.78, 5) is 11.0. The first-order valence-corrected chi connectivity index (χ1v) is 5.11. The number of carbonyl (C=O) groups is 1. The number of hydrogen-bond acceptors (Lipinski definition) is 3. The van der Waals surface area contributed by atoms with Gasteiger partial charge in [0.05, 0.1) is 6.10 Å². The van der Waals surface area contributed by atoms with Crippen molar-refractivity contribution in [1.82, 2.24) is 0 Å². The highest BCUT2D eigenvalue weighted by molar-refractivity contribution is 5.83. The van der Waals surface area contributed by atoms with Crippen molar-refractivity contribution in [3.05, 3.63) is 11.6 Å². The first-order valence-electron chi connectivity index (χ1n) is 5.11. The molecule has 3 nitrogen and oxygen atoms in total. The van der Waals surface area contributed by atoms with Crippen LogP contribution in [0.2, 0.25) is 0 Å². The molecule has 0 aliphatic carbocycles. The van der Waals surface area contributed by atoms with Gasteiger partial charge in [0.15, 0.2) is 0 Å². The van der Waals surface area contributed by atoms with Crippen LogP contribution in [0.5, 0.6) is 0 Å². The van der Waals surface area contributed by atoms with Crippen molar-refractivity contribution in [3.63, 3.8) is 0 Å². The fourth-order valence-electron chi connectivity index (χ4n) is 1.06. The van der Waals surface area contributed by atoms with Gasteiger partial charge in [0, 0.05) is 11.6 Å². The molecule has 0 rings (SSSR count). The normalized spacial score (nSPS) is 17.1. The summed E-state index contributed by atoms with van der Waals surface area (Å²) >= 11 is 0. The van der Waals surface area contributed by atoms with Crippen molar-refractivity contribution >= 4 is 5.97 Å². The smallest absolute Gasteiger partial charge is 0.460 e. The SMILES string of the molecule is CC(=CC(=O)OC(C)C)C(F)(OC(F)(F)F)C(F)(F)F. The molecular formula is C10H11F7O3. The minimum Gasteiger partial charge on any atom is -0.460 e. The second-order valence-electron chi connectivity index (χ2n) is 3.95. The average molecular weight is 312 g/mol. The van der Waals surface area contributed by atoms with E-state index in [0.717, 1.165) is 0 Å². The van der Waals surface area contributed by atoms with Crippen LogP contribution in [0.4, 0.5) is 30.7 Å². The van der Waals surface area contributed by atoms with Gasteiger partial charge < -0.3 is 4.74 Å². The van der Waals surface area contributed by atoms with Gasteiger partial charge in [0.1, 0.15) is 0 Å². The molecule has 0 N–H and O–H groups in total. The number of carbonyl (C=O) groups excluding carboxylic acids is 1. The van der Waals surface area contributed by atoms with Gasteiger partial charge in [-0.3, -0.25) is 0 Å². The third-order valence-corrected chi connectivity index (χ3v) is 1.81. The Hall–Kier alpha value is -1.32. The predicted octanol–water partition coefficient (Wildman–Crippen LogP) is 3.65. The first kappa shape index (κ1) is 18.7. The topological polar surface area (TPSA) is 35.5 Å². The van der Waals surface area contributed by atoms with Crippen LogP contribution in [-0.2, 0) is 14.3 Å². The van der Waals surface area contributed by atoms with Crippen molar-refractivity contribution in [2.45, 2.75) is 45.3 Å². The third-order valence-electron chi connectivity index (χ3n) is 1.81. The Bertz CT molecular complexity index is 383. The highest BCUT2D eigenvalue weighted by Crippen LogP contribution is 2.44. The zero-order valence-corrected chi connectivity index (χ0v) is 10.5. The number of esters is 1. The Labute approximate surface area is 109 Å². The van der Waals surface area contributed by atoms with Crippen molar-refractivity contribution in [3.8, 4) is 0 Å². The average Bonchev–Trinajstić information content (AvgIpc) is 2.10. The van der Waals surface area contributed by atoms with Crippen LogP contribution >= 0.6 is 0 Å². The molecule has 0 bridgehead atoms. The molecule has 0 fully saturated rings. The summed E-state index contributed by atoms with van der Waals surface area (Å²) in [5.74, 6) is -6.59. The standard InChI is InChI=1S/C10H11F7O3/c1-5(2)19-7(18)4-6(3)8(11,9(12,13)14)20-10(15,16)17/h4-5H,1-3H3. The van der Waals surface area contributed by atoms with E-state index in [-0.39, 0.29) is 6.08 Å². The number of alkyl halides is 7. The van der Waals surface area contributed by atoms with Gasteiger partial charge in [0.25, 0.3) is 0 Å². The van der Waals surface area contributed by atoms with E-state index in [1.807, 2.05) is 0 Å². The number of ether oxygens (including phenoxy) is 2. The van der Waals surface area contributed by atoms with E-state index < -0.39 is 36.0 Å². The Kier molecular flexibility index (Phi) is 5.59. The summed E-state index contributed by atoms with van der Waals surface area (Å²) in [7, 11) is 0. The molecule has 0 aromatic heterocycles. The van der Waals surface area contributed by atoms with Crippen LogP contribution in [-0.4, -0.2) is 30.5 Å². The lowest BCUT2D eigenvalue weighted by Crippen LogP contribution is -2.48. The Morgan fingerprint density at radius 1 is 1.05 bits per heavy atom. The highest BCUT2D eigenvalue weighted by Gasteiger charge is 2.63. The maximum Gasteiger partial charge on any atom is 0.525 e. The lowest BCUT2D eigenvalue weighted by Gasteiger charge is -2.29. The molecule has 0 radical (unpaired) electrons. The van der Waals surface area contributed by atoms with Gasteiger partial charge in [-0.2, -0.15) is 17.6 Å². The first-order chi connectivity index (χ1) is 8.69. The molecule has 0 aliphatic heterocycles. The molecule has 0 aromatic rings. The van der Waals surface area contributed by atoms with E-state index in [1.165, 1.54) is 13.8 Å². The molecule has 0 saturated carbocycles. The van der Waals surface area contributed by atoms with Gasteiger partial charge in [-0.25, -0.2) is 9.53 Å². The second kappa shape index (κ2) is 5.98. The van der Waals surface area contributed by atoms with Crippen LogP contribution < -0.4 is 0 Å². The molecule has 20 heavy (non-hydrogen) atoms. The van der Waals surface area contributed by atoms with Gasteiger partial charge in [0.2, 0.25) is 0 Å². The van der Waals surface area contributed by atoms with E-state index in [2.05, 4.69) is 9.47 Å². The molecule has 0 heterocycles. The van der Waals surface area contributed by atoms with E-state index in [1.54, 1.807) is 0 Å². The van der Waals surface area contributed by atoms with Crippen molar-refractivity contribution in [2.24, 2.45) is 0 Å². The molecule has 0 aliphatic rings. The van der Waals surface area contributed by atoms with E-state index in [0.29, 0.717) is 6.92 Å². The molecule has 1 atom stereocenters. The molecule has 0 saturated heterocycles. The van der Waals surface area contributed by atoms with Gasteiger partial charge in [-0.1, -0.05) is 0 Å². The summed E-state index contributed by atoms with van der Waals surface area (Å²) in [6.45, 7) is 3.03. The summed E-state index contributed by atoms with van der Waals surface area (Å²) in [6, 6.07) is 0. The molecule has 0 spiro atoms. The number of hydrogen-bond donors (Lipinski definition) is 0. The zero-order valence-electron chi connectivity index (χ0n) is 10.5. The molecule has 1 unspecified atom stereocenters. The largest absolute Gasteiger partial charge is 0.525 e. The summed E-state index contributed by atoms with van der Waals surface area (Å²) in [5, 5.41) is 0. The maximum absolute atomic E-state index is 13.5. The monoisotopic (exact) mass is 312 g/mol. The van der Waals surface area contributed by atoms with Crippen LogP contribution in [0.25, 0.3) is 0 Å². The lowest BCUT2D eigenvalue weighted by atomic mass is 10.1. The molecule has 0 amide bonds. The highest BCUT2D eigenvalue weighted by atomic mass is 19.4. The Morgan fingerprint density at radius 3 is 1.80 bits per heavy atom. The van der Waals surface area contributed by atoms with E-state index in [4.69, 9.17) is 0 Å². The molecule has 118 valence electrons. The number of rotatable bonds is 4. The zero-order chi connectivity index (χ0) is 16.4. The van der Waals surface area contributed by atoms with Gasteiger partial charge in [-0.05, 0) is 20.8 Å². The van der Waals surface area contributed by atoms with Gasteiger partial charge >= 0.3 is 24.4 Å². The third kappa shape index (κ3) is 5.35. The van der Waals surface area contributed by atoms with Crippen LogP contribution in [0.1, 0.15) is 20.8 Å². The van der Waals surface area contributed by atoms with Crippen molar-refractivity contribution in [2.75, 3.05) is 0 Å². The van der Waals surface area contributed by atoms with Crippen LogP contribution in [0.3, 0.4) is 0 Å². The summed E-state index contributed by atoms with van der Waals surface area (Å²) in [6.07, 6.45) is -12.7. The minimum absolute atomic E-state index is 0.0424. The predicted molar refractivity (Wildman–Crippen MR) is 52.0 cm³/mol. The molecule has 10 heteroatoms. The lowest BCUT2D eigenvalue weighted by molar-refractivity contribution is -0.435. The second-order valence-corrected chi connectivity index (χ2v) is 3.95. The summed E-state index contributed by atoms with van der Waals surface area (Å²) < 4.78 is 93.3. The van der Waals surface area contributed by atoms with Gasteiger partial charge in [-0.15, -0.1) is 13.2 Å². The van der Waals surface area contributed by atoms with E-state index in [9.17, 15) is 35.5 Å². The fourth-order valence-corrected chi connectivity index (χ4v) is 1.06.